The van der Waals surface area contributed by atoms with E-state index in [1.807, 2.05) is 0 Å². The van der Waals surface area contributed by atoms with Gasteiger partial charge >= 0.3 is 0 Å². The lowest BCUT2D eigenvalue weighted by molar-refractivity contribution is -0.384. The summed E-state index contributed by atoms with van der Waals surface area (Å²) in [5.74, 6) is -1.64. The number of non-ortho nitro benzene ring substituents is 1. The molecule has 14 heavy (non-hydrogen) atoms. The molecule has 0 saturated heterocycles. The van der Waals surface area contributed by atoms with Crippen molar-refractivity contribution in [1.82, 2.24) is 0 Å². The van der Waals surface area contributed by atoms with E-state index in [2.05, 4.69) is 0 Å². The van der Waals surface area contributed by atoms with Crippen LogP contribution in [0, 0.1) is 10.1 Å². The highest BCUT2D eigenvalue weighted by molar-refractivity contribution is 5.71. The summed E-state index contributed by atoms with van der Waals surface area (Å²) in [6, 6.07) is 4.56. The van der Waals surface area contributed by atoms with Gasteiger partial charge in [0.05, 0.1) is 10.9 Å². The number of rotatable bonds is 3. The Bertz CT molecular complexity index is 358. The van der Waals surface area contributed by atoms with Gasteiger partial charge in [0.15, 0.2) is 0 Å². The quantitative estimate of drug-likeness (QED) is 0.512. The zero-order chi connectivity index (χ0) is 10.7. The standard InChI is InChI=1S/C8H7NO5/c10-7(8(11)12)5-1-3-6(4-2-5)9(13)14/h1-4,7,10H,(H,11,12)/p-1/t7-/m0/s1. The smallest absolute Gasteiger partial charge is 0.269 e. The third-order valence-corrected chi connectivity index (χ3v) is 1.64. The number of carbonyl (C=O) groups excluding carboxylic acids is 1. The van der Waals surface area contributed by atoms with E-state index in [0.29, 0.717) is 0 Å². The second-order valence-electron chi connectivity index (χ2n) is 2.57. The number of carbonyl (C=O) groups is 1. The first-order chi connectivity index (χ1) is 6.52. The predicted molar refractivity (Wildman–Crippen MR) is 43.1 cm³/mol. The molecule has 0 radical (unpaired) electrons. The fraction of sp³-hybridized carbons (Fsp3) is 0.125. The van der Waals surface area contributed by atoms with Crippen LogP contribution < -0.4 is 5.11 Å². The lowest BCUT2D eigenvalue weighted by Gasteiger charge is -2.10. The fourth-order valence-electron chi connectivity index (χ4n) is 0.914. The van der Waals surface area contributed by atoms with Crippen molar-refractivity contribution in [3.8, 4) is 0 Å². The summed E-state index contributed by atoms with van der Waals surface area (Å²) in [6.07, 6.45) is -1.75. The lowest BCUT2D eigenvalue weighted by atomic mass is 10.1. The Morgan fingerprint density at radius 3 is 2.21 bits per heavy atom. The Morgan fingerprint density at radius 1 is 1.36 bits per heavy atom. The fourth-order valence-corrected chi connectivity index (χ4v) is 0.914. The van der Waals surface area contributed by atoms with Crippen LogP contribution in [0.1, 0.15) is 11.7 Å². The molecule has 0 aliphatic heterocycles. The van der Waals surface area contributed by atoms with Gasteiger partial charge in [-0.05, 0) is 17.7 Å². The number of carboxylic acid groups (broad SMARTS) is 1. The maximum Gasteiger partial charge on any atom is 0.269 e. The van der Waals surface area contributed by atoms with E-state index in [-0.39, 0.29) is 11.3 Å². The molecule has 1 aromatic carbocycles. The number of aliphatic carboxylic acids is 1. The number of hydrogen-bond acceptors (Lipinski definition) is 5. The molecule has 0 fully saturated rings. The van der Waals surface area contributed by atoms with Gasteiger partial charge in [0.25, 0.3) is 5.69 Å². The van der Waals surface area contributed by atoms with E-state index in [4.69, 9.17) is 5.11 Å². The summed E-state index contributed by atoms with van der Waals surface area (Å²) in [6.45, 7) is 0. The molecule has 1 rings (SSSR count). The van der Waals surface area contributed by atoms with Gasteiger partial charge in [-0.1, -0.05) is 0 Å². The van der Waals surface area contributed by atoms with Crippen LogP contribution in [-0.4, -0.2) is 16.0 Å². The van der Waals surface area contributed by atoms with Crippen LogP contribution in [0.3, 0.4) is 0 Å². The summed E-state index contributed by atoms with van der Waals surface area (Å²) in [5.41, 5.74) is -0.116. The molecule has 1 aromatic rings. The first-order valence-corrected chi connectivity index (χ1v) is 3.65. The number of carboxylic acids is 1. The molecule has 74 valence electrons. The Kier molecular flexibility index (Phi) is 2.78. The summed E-state index contributed by atoms with van der Waals surface area (Å²) in [4.78, 5) is 19.8. The Morgan fingerprint density at radius 2 is 1.86 bits per heavy atom. The van der Waals surface area contributed by atoms with Crippen LogP contribution in [0.2, 0.25) is 0 Å². The lowest BCUT2D eigenvalue weighted by Crippen LogP contribution is -2.29. The van der Waals surface area contributed by atoms with Crippen molar-refractivity contribution in [2.75, 3.05) is 0 Å². The number of hydrogen-bond donors (Lipinski definition) is 1. The Balaban J connectivity index is 2.94. The second-order valence-corrected chi connectivity index (χ2v) is 2.57. The van der Waals surface area contributed by atoms with Crippen molar-refractivity contribution in [3.63, 3.8) is 0 Å². The highest BCUT2D eigenvalue weighted by Crippen LogP contribution is 2.16. The minimum Gasteiger partial charge on any atom is -0.547 e. The Labute approximate surface area is 78.6 Å². The highest BCUT2D eigenvalue weighted by Gasteiger charge is 2.10. The maximum atomic E-state index is 10.2. The van der Waals surface area contributed by atoms with E-state index in [1.54, 1.807) is 0 Å². The van der Waals surface area contributed by atoms with Crippen molar-refractivity contribution in [2.45, 2.75) is 6.10 Å². The van der Waals surface area contributed by atoms with Crippen molar-refractivity contribution in [2.24, 2.45) is 0 Å². The van der Waals surface area contributed by atoms with Gasteiger partial charge in [0.1, 0.15) is 6.10 Å². The van der Waals surface area contributed by atoms with Gasteiger partial charge in [0.2, 0.25) is 0 Å². The molecule has 0 heterocycles. The molecule has 1 atom stereocenters. The van der Waals surface area contributed by atoms with Crippen molar-refractivity contribution < 1.29 is 19.9 Å². The van der Waals surface area contributed by atoms with Gasteiger partial charge in [-0.2, -0.15) is 0 Å². The molecule has 0 aromatic heterocycles. The largest absolute Gasteiger partial charge is 0.547 e. The molecule has 1 N–H and O–H groups in total. The molecule has 0 amide bonds. The van der Waals surface area contributed by atoms with E-state index in [9.17, 15) is 20.0 Å². The maximum absolute atomic E-state index is 10.2. The number of benzene rings is 1. The molecular formula is C8H6NO5-. The van der Waals surface area contributed by atoms with Gasteiger partial charge in [-0.3, -0.25) is 10.1 Å². The topological polar surface area (TPSA) is 104 Å². The molecule has 0 spiro atoms. The van der Waals surface area contributed by atoms with Gasteiger partial charge in [-0.25, -0.2) is 0 Å². The first-order valence-electron chi connectivity index (χ1n) is 3.65. The normalized spacial score (nSPS) is 12.1. The van der Waals surface area contributed by atoms with Gasteiger partial charge < -0.3 is 15.0 Å². The predicted octanol–water partition coefficient (Wildman–Crippen LogP) is -0.622. The first kappa shape index (κ1) is 10.1. The zero-order valence-electron chi connectivity index (χ0n) is 6.91. The number of nitrogens with zero attached hydrogens (tertiary/aromatic N) is 1. The van der Waals surface area contributed by atoms with E-state index in [1.165, 1.54) is 12.1 Å². The summed E-state index contributed by atoms with van der Waals surface area (Å²) in [7, 11) is 0. The third-order valence-electron chi connectivity index (χ3n) is 1.64. The minimum absolute atomic E-state index is 0.0515. The SMILES string of the molecule is O=C([O-])[C@@H](O)c1ccc([N+](=O)[O-])cc1. The number of aliphatic hydroxyl groups is 1. The molecule has 0 saturated carbocycles. The van der Waals surface area contributed by atoms with Crippen LogP contribution in [0.25, 0.3) is 0 Å². The van der Waals surface area contributed by atoms with Crippen LogP contribution in [0.5, 0.6) is 0 Å². The van der Waals surface area contributed by atoms with Crippen molar-refractivity contribution >= 4 is 11.7 Å². The highest BCUT2D eigenvalue weighted by atomic mass is 16.6. The Hall–Kier alpha value is -1.95. The van der Waals surface area contributed by atoms with Gasteiger partial charge in [0, 0.05) is 12.1 Å². The monoisotopic (exact) mass is 196 g/mol. The number of aliphatic hydroxyl groups excluding tert-OH is 1. The van der Waals surface area contributed by atoms with Crippen LogP contribution in [-0.2, 0) is 4.79 Å². The van der Waals surface area contributed by atoms with Crippen molar-refractivity contribution in [1.29, 1.82) is 0 Å². The molecule has 6 nitrogen and oxygen atoms in total. The molecule has 6 heteroatoms. The van der Waals surface area contributed by atoms with Crippen LogP contribution >= 0.6 is 0 Å². The summed E-state index contributed by atoms with van der Waals surface area (Å²) >= 11 is 0. The molecule has 0 unspecified atom stereocenters. The van der Waals surface area contributed by atoms with Crippen LogP contribution in [0.4, 0.5) is 5.69 Å². The average Bonchev–Trinajstić information content (AvgIpc) is 2.16. The summed E-state index contributed by atoms with van der Waals surface area (Å²) in [5, 5.41) is 29.4. The van der Waals surface area contributed by atoms with E-state index >= 15 is 0 Å². The average molecular weight is 196 g/mol. The second kappa shape index (κ2) is 3.84. The summed E-state index contributed by atoms with van der Waals surface area (Å²) < 4.78 is 0. The van der Waals surface area contributed by atoms with E-state index < -0.39 is 17.0 Å². The molecule has 0 aliphatic rings. The molecular weight excluding hydrogens is 190 g/mol. The molecule has 0 aliphatic carbocycles. The molecule has 0 bridgehead atoms. The van der Waals surface area contributed by atoms with E-state index in [0.717, 1.165) is 12.1 Å². The number of nitro benzene ring substituents is 1. The van der Waals surface area contributed by atoms with Gasteiger partial charge in [-0.15, -0.1) is 0 Å². The van der Waals surface area contributed by atoms with Crippen LogP contribution in [0.15, 0.2) is 24.3 Å². The van der Waals surface area contributed by atoms with Crippen molar-refractivity contribution in [3.05, 3.63) is 39.9 Å². The number of nitro groups is 1. The zero-order valence-corrected chi connectivity index (χ0v) is 6.91. The minimum atomic E-state index is -1.75. The third kappa shape index (κ3) is 2.05.